The second-order valence-electron chi connectivity index (χ2n) is 6.25. The molecule has 0 aliphatic carbocycles. The zero-order valence-corrected chi connectivity index (χ0v) is 17.6. The van der Waals surface area contributed by atoms with Crippen molar-refractivity contribution in [2.45, 2.75) is 6.92 Å². The van der Waals surface area contributed by atoms with Crippen molar-refractivity contribution in [3.8, 4) is 11.5 Å². The summed E-state index contributed by atoms with van der Waals surface area (Å²) >= 11 is 1.96. The molecule has 3 N–H and O–H groups in total. The Balaban J connectivity index is 2.17. The molecular formula is C20H16F2IN3O3. The normalized spacial score (nSPS) is 10.7. The van der Waals surface area contributed by atoms with Gasteiger partial charge in [-0.25, -0.2) is 8.78 Å². The lowest BCUT2D eigenvalue weighted by atomic mass is 10.2. The van der Waals surface area contributed by atoms with Crippen molar-refractivity contribution in [3.63, 3.8) is 0 Å². The summed E-state index contributed by atoms with van der Waals surface area (Å²) in [6, 6.07) is 9.37. The van der Waals surface area contributed by atoms with E-state index in [9.17, 15) is 18.4 Å². The minimum absolute atomic E-state index is 0.0435. The van der Waals surface area contributed by atoms with Gasteiger partial charge in [0, 0.05) is 22.8 Å². The maximum atomic E-state index is 14.3. The van der Waals surface area contributed by atoms with E-state index in [1.807, 2.05) is 22.6 Å². The third kappa shape index (κ3) is 4.39. The van der Waals surface area contributed by atoms with E-state index in [-0.39, 0.29) is 28.6 Å². The Kier molecular flexibility index (Phi) is 5.87. The van der Waals surface area contributed by atoms with E-state index in [0.29, 0.717) is 9.13 Å². The number of carbonyl (C=O) groups is 1. The maximum absolute atomic E-state index is 14.3. The zero-order chi connectivity index (χ0) is 21.3. The number of carbonyl (C=O) groups excluding carboxylic acids is 1. The highest BCUT2D eigenvalue weighted by molar-refractivity contribution is 14.1. The summed E-state index contributed by atoms with van der Waals surface area (Å²) in [5, 5.41) is 2.74. The van der Waals surface area contributed by atoms with E-state index in [2.05, 4.69) is 5.32 Å². The van der Waals surface area contributed by atoms with Gasteiger partial charge in [0.05, 0.1) is 5.69 Å². The van der Waals surface area contributed by atoms with Gasteiger partial charge in [-0.05, 0) is 59.3 Å². The molecule has 2 aromatic carbocycles. The molecular weight excluding hydrogens is 495 g/mol. The zero-order valence-electron chi connectivity index (χ0n) is 15.4. The monoisotopic (exact) mass is 511 g/mol. The fraction of sp³-hybridized carbons (Fsp3) is 0.100. The molecule has 1 amide bonds. The van der Waals surface area contributed by atoms with E-state index in [0.717, 1.165) is 16.7 Å². The molecule has 3 aromatic rings. The number of pyridine rings is 1. The first-order chi connectivity index (χ1) is 13.7. The Hall–Kier alpha value is -2.95. The van der Waals surface area contributed by atoms with Crippen LogP contribution in [0.3, 0.4) is 0 Å². The van der Waals surface area contributed by atoms with Crippen LogP contribution in [-0.4, -0.2) is 10.5 Å². The predicted octanol–water partition coefficient (Wildman–Crippen LogP) is 4.21. The van der Waals surface area contributed by atoms with Crippen molar-refractivity contribution in [2.75, 3.05) is 5.32 Å². The standard InChI is InChI=1S/C20H16F2IN3O3/c1-10-3-4-11(21)7-15(10)29-16-9-17(27)26(2)20(18(16)19(24)28)25-14-6-5-12(23)8-13(14)22/h3-9,25H,1-2H3,(H2,24,28). The van der Waals surface area contributed by atoms with Crippen molar-refractivity contribution in [3.05, 3.63) is 79.1 Å². The fourth-order valence-corrected chi connectivity index (χ4v) is 3.11. The lowest BCUT2D eigenvalue weighted by molar-refractivity contribution is 0.0998. The highest BCUT2D eigenvalue weighted by atomic mass is 127. The van der Waals surface area contributed by atoms with Gasteiger partial charge in [0.25, 0.3) is 11.5 Å². The first-order valence-electron chi connectivity index (χ1n) is 8.37. The minimum atomic E-state index is -0.905. The molecule has 3 rings (SSSR count). The van der Waals surface area contributed by atoms with E-state index in [4.69, 9.17) is 10.5 Å². The molecule has 29 heavy (non-hydrogen) atoms. The van der Waals surface area contributed by atoms with Gasteiger partial charge in [-0.15, -0.1) is 0 Å². The molecule has 1 heterocycles. The Labute approximate surface area is 178 Å². The van der Waals surface area contributed by atoms with Crippen LogP contribution in [0, 0.1) is 22.1 Å². The average Bonchev–Trinajstić information content (AvgIpc) is 2.64. The van der Waals surface area contributed by atoms with Gasteiger partial charge < -0.3 is 15.8 Å². The molecule has 0 radical (unpaired) electrons. The fourth-order valence-electron chi connectivity index (χ4n) is 2.66. The molecule has 0 fully saturated rings. The number of nitrogens with two attached hydrogens (primary N) is 1. The summed E-state index contributed by atoms with van der Waals surface area (Å²) in [6.07, 6.45) is 0. The van der Waals surface area contributed by atoms with Crippen LogP contribution in [0.2, 0.25) is 0 Å². The summed E-state index contributed by atoms with van der Waals surface area (Å²) in [6.45, 7) is 1.68. The number of ether oxygens (including phenoxy) is 1. The number of nitrogens with one attached hydrogen (secondary N) is 1. The number of amides is 1. The number of rotatable bonds is 5. The van der Waals surface area contributed by atoms with Gasteiger partial charge in [-0.1, -0.05) is 6.07 Å². The molecule has 0 unspecified atom stereocenters. The molecule has 0 saturated carbocycles. The van der Waals surface area contributed by atoms with Gasteiger partial charge in [-0.3, -0.25) is 14.2 Å². The van der Waals surface area contributed by atoms with Crippen molar-refractivity contribution in [2.24, 2.45) is 12.8 Å². The number of nitrogens with zero attached hydrogens (tertiary/aromatic N) is 1. The first-order valence-corrected chi connectivity index (χ1v) is 9.45. The summed E-state index contributed by atoms with van der Waals surface area (Å²) in [7, 11) is 1.40. The second kappa shape index (κ2) is 8.19. The maximum Gasteiger partial charge on any atom is 0.256 e. The lowest BCUT2D eigenvalue weighted by Gasteiger charge is -2.18. The van der Waals surface area contributed by atoms with E-state index in [1.165, 1.54) is 31.3 Å². The Morgan fingerprint density at radius 1 is 1.14 bits per heavy atom. The molecule has 0 aliphatic heterocycles. The highest BCUT2D eigenvalue weighted by Crippen LogP contribution is 2.32. The quantitative estimate of drug-likeness (QED) is 0.503. The molecule has 9 heteroatoms. The largest absolute Gasteiger partial charge is 0.456 e. The number of primary amides is 1. The number of aromatic nitrogens is 1. The SMILES string of the molecule is Cc1ccc(F)cc1Oc1cc(=O)n(C)c(Nc2ccc(I)cc2F)c1C(N)=O. The Morgan fingerprint density at radius 3 is 2.52 bits per heavy atom. The van der Waals surface area contributed by atoms with Gasteiger partial charge in [0.15, 0.2) is 0 Å². The second-order valence-corrected chi connectivity index (χ2v) is 7.50. The number of hydrogen-bond donors (Lipinski definition) is 2. The lowest BCUT2D eigenvalue weighted by Crippen LogP contribution is -2.25. The number of aryl methyl sites for hydroxylation is 1. The minimum Gasteiger partial charge on any atom is -0.456 e. The predicted molar refractivity (Wildman–Crippen MR) is 114 cm³/mol. The molecule has 0 atom stereocenters. The molecule has 0 aliphatic rings. The number of anilines is 2. The van der Waals surface area contributed by atoms with Crippen molar-refractivity contribution in [1.29, 1.82) is 0 Å². The van der Waals surface area contributed by atoms with Gasteiger partial charge >= 0.3 is 0 Å². The van der Waals surface area contributed by atoms with Crippen LogP contribution < -0.4 is 21.3 Å². The van der Waals surface area contributed by atoms with Crippen molar-refractivity contribution in [1.82, 2.24) is 4.57 Å². The summed E-state index contributed by atoms with van der Waals surface area (Å²) in [5.74, 6) is -2.12. The summed E-state index contributed by atoms with van der Waals surface area (Å²) in [5.41, 5.74) is 5.45. The van der Waals surface area contributed by atoms with Crippen LogP contribution in [-0.2, 0) is 7.05 Å². The molecule has 1 aromatic heterocycles. The van der Waals surface area contributed by atoms with Crippen LogP contribution in [0.1, 0.15) is 15.9 Å². The van der Waals surface area contributed by atoms with Crippen LogP contribution in [0.15, 0.2) is 47.3 Å². The highest BCUT2D eigenvalue weighted by Gasteiger charge is 2.22. The van der Waals surface area contributed by atoms with Crippen LogP contribution in [0.5, 0.6) is 11.5 Å². The van der Waals surface area contributed by atoms with Gasteiger partial charge in [0.1, 0.15) is 34.5 Å². The molecule has 0 bridgehead atoms. The van der Waals surface area contributed by atoms with Crippen molar-refractivity contribution < 1.29 is 18.3 Å². The van der Waals surface area contributed by atoms with Gasteiger partial charge in [-0.2, -0.15) is 0 Å². The smallest absolute Gasteiger partial charge is 0.256 e. The number of hydrogen-bond acceptors (Lipinski definition) is 4. The Morgan fingerprint density at radius 2 is 1.86 bits per heavy atom. The summed E-state index contributed by atoms with van der Waals surface area (Å²) < 4.78 is 35.4. The van der Waals surface area contributed by atoms with Crippen LogP contribution >= 0.6 is 22.6 Å². The first kappa shape index (κ1) is 20.8. The van der Waals surface area contributed by atoms with Crippen LogP contribution in [0.4, 0.5) is 20.3 Å². The molecule has 0 spiro atoms. The van der Waals surface area contributed by atoms with E-state index >= 15 is 0 Å². The third-order valence-corrected chi connectivity index (χ3v) is 4.88. The topological polar surface area (TPSA) is 86.3 Å². The Bertz CT molecular complexity index is 1180. The molecule has 150 valence electrons. The van der Waals surface area contributed by atoms with E-state index < -0.39 is 23.1 Å². The number of benzene rings is 2. The number of halogens is 3. The van der Waals surface area contributed by atoms with E-state index in [1.54, 1.807) is 13.0 Å². The van der Waals surface area contributed by atoms with Crippen molar-refractivity contribution >= 4 is 40.0 Å². The van der Waals surface area contributed by atoms with Gasteiger partial charge in [0.2, 0.25) is 0 Å². The molecule has 6 nitrogen and oxygen atoms in total. The average molecular weight is 511 g/mol. The van der Waals surface area contributed by atoms with Crippen LogP contribution in [0.25, 0.3) is 0 Å². The third-order valence-electron chi connectivity index (χ3n) is 4.20. The summed E-state index contributed by atoms with van der Waals surface area (Å²) in [4.78, 5) is 24.6. The molecule has 0 saturated heterocycles.